The lowest BCUT2D eigenvalue weighted by Gasteiger charge is -2.11. The van der Waals surface area contributed by atoms with Crippen LogP contribution in [0.2, 0.25) is 0 Å². The first kappa shape index (κ1) is 18.7. The van der Waals surface area contributed by atoms with Gasteiger partial charge in [-0.1, -0.05) is 12.1 Å². The van der Waals surface area contributed by atoms with Crippen LogP contribution in [0.3, 0.4) is 0 Å². The standard InChI is InChI=1S/C19H18FN3O4/c20-12-3-1-10(2-4-12)7-11-8-14-17(22-9-11)13(5-6-15(24)25)16(18(21)26)19(27)23-14/h1-4,8-9,15,24-25H,5-7H2,(H2,21,26)(H,23,27). The number of nitrogens with one attached hydrogen (secondary N) is 1. The first-order chi connectivity index (χ1) is 12.8. The lowest BCUT2D eigenvalue weighted by molar-refractivity contribution is -0.0446. The molecule has 2 aromatic heterocycles. The van der Waals surface area contributed by atoms with Crippen LogP contribution < -0.4 is 11.3 Å². The zero-order valence-corrected chi connectivity index (χ0v) is 14.3. The highest BCUT2D eigenvalue weighted by atomic mass is 19.1. The predicted octanol–water partition coefficient (Wildman–Crippen LogP) is 0.995. The molecule has 8 heteroatoms. The van der Waals surface area contributed by atoms with E-state index in [2.05, 4.69) is 9.97 Å². The Morgan fingerprint density at radius 3 is 2.56 bits per heavy atom. The van der Waals surface area contributed by atoms with Crippen molar-refractivity contribution in [3.63, 3.8) is 0 Å². The molecule has 0 aliphatic carbocycles. The highest BCUT2D eigenvalue weighted by molar-refractivity contribution is 5.98. The molecule has 2 heterocycles. The molecule has 0 saturated heterocycles. The van der Waals surface area contributed by atoms with E-state index in [4.69, 9.17) is 15.9 Å². The van der Waals surface area contributed by atoms with Gasteiger partial charge in [0.1, 0.15) is 11.4 Å². The van der Waals surface area contributed by atoms with Crippen molar-refractivity contribution in [3.8, 4) is 0 Å². The van der Waals surface area contributed by atoms with E-state index in [1.165, 1.54) is 12.1 Å². The van der Waals surface area contributed by atoms with Crippen LogP contribution in [0.1, 0.15) is 33.5 Å². The number of nitrogens with zero attached hydrogens (tertiary/aromatic N) is 1. The number of H-pyrrole nitrogens is 1. The summed E-state index contributed by atoms with van der Waals surface area (Å²) in [5.41, 5.74) is 7.14. The average molecular weight is 371 g/mol. The summed E-state index contributed by atoms with van der Waals surface area (Å²) in [7, 11) is 0. The van der Waals surface area contributed by atoms with Gasteiger partial charge in [-0.25, -0.2) is 4.39 Å². The molecule has 0 spiro atoms. The molecule has 0 fully saturated rings. The van der Waals surface area contributed by atoms with E-state index in [1.54, 1.807) is 24.4 Å². The zero-order valence-electron chi connectivity index (χ0n) is 14.3. The van der Waals surface area contributed by atoms with Gasteiger partial charge < -0.3 is 20.9 Å². The summed E-state index contributed by atoms with van der Waals surface area (Å²) >= 11 is 0. The van der Waals surface area contributed by atoms with Crippen LogP contribution >= 0.6 is 0 Å². The highest BCUT2D eigenvalue weighted by Crippen LogP contribution is 2.20. The minimum absolute atomic E-state index is 0.0562. The third-order valence-corrected chi connectivity index (χ3v) is 4.23. The quantitative estimate of drug-likeness (QED) is 0.480. The van der Waals surface area contributed by atoms with E-state index >= 15 is 0 Å². The molecule has 3 aromatic rings. The number of aliphatic hydroxyl groups excluding tert-OH is 1. The van der Waals surface area contributed by atoms with Crippen molar-refractivity contribution < 1.29 is 19.4 Å². The van der Waals surface area contributed by atoms with E-state index in [9.17, 15) is 14.0 Å². The number of amides is 1. The molecule has 1 aromatic carbocycles. The predicted molar refractivity (Wildman–Crippen MR) is 96.6 cm³/mol. The van der Waals surface area contributed by atoms with E-state index in [0.717, 1.165) is 11.1 Å². The highest BCUT2D eigenvalue weighted by Gasteiger charge is 2.19. The number of carbonyl (C=O) groups is 1. The topological polar surface area (TPSA) is 129 Å². The molecule has 0 atom stereocenters. The Kier molecular flexibility index (Phi) is 5.29. The zero-order chi connectivity index (χ0) is 19.6. The number of fused-ring (bicyclic) bond motifs is 1. The van der Waals surface area contributed by atoms with Crippen LogP contribution in [0.4, 0.5) is 4.39 Å². The van der Waals surface area contributed by atoms with Gasteiger partial charge in [0, 0.05) is 12.6 Å². The molecular formula is C19H18FN3O4. The molecule has 0 aliphatic rings. The molecule has 3 rings (SSSR count). The lowest BCUT2D eigenvalue weighted by atomic mass is 10.00. The number of benzene rings is 1. The lowest BCUT2D eigenvalue weighted by Crippen LogP contribution is -2.27. The molecule has 0 bridgehead atoms. The summed E-state index contributed by atoms with van der Waals surface area (Å²) < 4.78 is 13.0. The molecule has 0 unspecified atom stereocenters. The van der Waals surface area contributed by atoms with Gasteiger partial charge in [0.05, 0.1) is 11.0 Å². The van der Waals surface area contributed by atoms with Crippen molar-refractivity contribution in [2.75, 3.05) is 0 Å². The number of hydrogen-bond donors (Lipinski definition) is 4. The molecule has 1 amide bonds. The van der Waals surface area contributed by atoms with E-state index in [1.807, 2.05) is 0 Å². The minimum atomic E-state index is -1.59. The summed E-state index contributed by atoms with van der Waals surface area (Å²) in [5, 5.41) is 18.2. The van der Waals surface area contributed by atoms with Crippen LogP contribution in [0, 0.1) is 5.82 Å². The molecule has 0 saturated carbocycles. The van der Waals surface area contributed by atoms with Crippen LogP contribution in [-0.2, 0) is 12.8 Å². The molecule has 7 nitrogen and oxygen atoms in total. The van der Waals surface area contributed by atoms with Crippen molar-refractivity contribution in [2.24, 2.45) is 5.73 Å². The number of aromatic nitrogens is 2. The van der Waals surface area contributed by atoms with Crippen LogP contribution in [0.15, 0.2) is 41.3 Å². The van der Waals surface area contributed by atoms with Gasteiger partial charge in [-0.05, 0) is 47.7 Å². The average Bonchev–Trinajstić information content (AvgIpc) is 2.60. The number of nitrogens with two attached hydrogens (primary N) is 1. The number of halogens is 1. The van der Waals surface area contributed by atoms with Crippen molar-refractivity contribution >= 4 is 16.9 Å². The fourth-order valence-corrected chi connectivity index (χ4v) is 3.00. The second kappa shape index (κ2) is 7.65. The van der Waals surface area contributed by atoms with Gasteiger partial charge >= 0.3 is 0 Å². The Bertz CT molecular complexity index is 1050. The van der Waals surface area contributed by atoms with Crippen LogP contribution in [0.5, 0.6) is 0 Å². The van der Waals surface area contributed by atoms with Crippen molar-refractivity contribution in [1.29, 1.82) is 0 Å². The number of aryl methyl sites for hydroxylation is 1. The second-order valence-electron chi connectivity index (χ2n) is 6.23. The number of hydrogen-bond acceptors (Lipinski definition) is 5. The summed E-state index contributed by atoms with van der Waals surface area (Å²) in [6.45, 7) is 0. The number of aromatic amines is 1. The maximum Gasteiger partial charge on any atom is 0.261 e. The van der Waals surface area contributed by atoms with Crippen LogP contribution in [0.25, 0.3) is 11.0 Å². The number of pyridine rings is 2. The van der Waals surface area contributed by atoms with Gasteiger partial charge in [0.15, 0.2) is 6.29 Å². The molecular weight excluding hydrogens is 353 g/mol. The summed E-state index contributed by atoms with van der Waals surface area (Å²) in [6.07, 6.45) is 0.470. The Hall–Kier alpha value is -3.10. The Morgan fingerprint density at radius 1 is 1.22 bits per heavy atom. The monoisotopic (exact) mass is 371 g/mol. The summed E-state index contributed by atoms with van der Waals surface area (Å²) in [5.74, 6) is -1.23. The first-order valence-corrected chi connectivity index (χ1v) is 8.29. The minimum Gasteiger partial charge on any atom is -0.368 e. The number of primary amides is 1. The maximum atomic E-state index is 13.0. The SMILES string of the molecule is NC(=O)c1c(CCC(O)O)c2ncc(Cc3ccc(F)cc3)cc2[nH]c1=O. The number of carbonyl (C=O) groups excluding carboxylic acids is 1. The van der Waals surface area contributed by atoms with Gasteiger partial charge in [-0.15, -0.1) is 0 Å². The van der Waals surface area contributed by atoms with Gasteiger partial charge in [-0.3, -0.25) is 14.6 Å². The molecule has 5 N–H and O–H groups in total. The summed E-state index contributed by atoms with van der Waals surface area (Å²) in [6, 6.07) is 7.77. The normalized spacial score (nSPS) is 11.3. The fourth-order valence-electron chi connectivity index (χ4n) is 3.00. The largest absolute Gasteiger partial charge is 0.368 e. The van der Waals surface area contributed by atoms with Gasteiger partial charge in [0.2, 0.25) is 0 Å². The fraction of sp³-hybridized carbons (Fsp3) is 0.211. The first-order valence-electron chi connectivity index (χ1n) is 8.29. The van der Waals surface area contributed by atoms with Gasteiger partial charge in [0.25, 0.3) is 11.5 Å². The molecule has 27 heavy (non-hydrogen) atoms. The number of aliphatic hydroxyl groups is 2. The second-order valence-corrected chi connectivity index (χ2v) is 6.23. The van der Waals surface area contributed by atoms with Crippen LogP contribution in [-0.4, -0.2) is 32.4 Å². The maximum absolute atomic E-state index is 13.0. The Labute approximate surface area is 153 Å². The van der Waals surface area contributed by atoms with E-state index < -0.39 is 17.8 Å². The Balaban J connectivity index is 2.06. The third kappa shape index (κ3) is 4.18. The third-order valence-electron chi connectivity index (χ3n) is 4.23. The summed E-state index contributed by atoms with van der Waals surface area (Å²) in [4.78, 5) is 30.9. The number of rotatable bonds is 6. The Morgan fingerprint density at radius 2 is 1.93 bits per heavy atom. The van der Waals surface area contributed by atoms with Crippen molar-refractivity contribution in [1.82, 2.24) is 9.97 Å². The van der Waals surface area contributed by atoms with Crippen molar-refractivity contribution in [3.05, 3.63) is 75.0 Å². The van der Waals surface area contributed by atoms with E-state index in [0.29, 0.717) is 17.5 Å². The molecule has 0 radical (unpaired) electrons. The molecule has 140 valence electrons. The smallest absolute Gasteiger partial charge is 0.261 e. The van der Waals surface area contributed by atoms with Crippen molar-refractivity contribution in [2.45, 2.75) is 25.6 Å². The molecule has 0 aliphatic heterocycles. The van der Waals surface area contributed by atoms with E-state index in [-0.39, 0.29) is 29.8 Å². The van der Waals surface area contributed by atoms with Gasteiger partial charge in [-0.2, -0.15) is 0 Å².